The van der Waals surface area contributed by atoms with Gasteiger partial charge in [0, 0.05) is 45.7 Å². The first kappa shape index (κ1) is 63.6. The minimum atomic E-state index is -3.68. The normalized spacial score (nSPS) is 12.0. The standard InChI is InChI=1S/C29H41Br2N.C24H42O3S.C13H8Br2/c1-3-5-7-9-11-13-15-25(16-14-12-10-8-6-4-2)32-28-19-17-23(30)21-26(28)27-22-24(31)18-20-29(27)32;1-4-6-8-10-12-14-16-23(17-15-13-11-9-7-5-2)27-28(25,26)24-20-18-22(3)19-21-24;14-10-3-1-8-5-9-2-4-11(15)7-13(9)12(8)6-10/h17-22,25H,3-16H2,1-2H3;18-21,23H,4-17H2,1-3H3;1-4,6-7H,5H2. The molecule has 0 saturated heterocycles. The molecule has 1 heterocycles. The zero-order valence-electron chi connectivity index (χ0n) is 46.5. The number of halogens is 4. The lowest BCUT2D eigenvalue weighted by Gasteiger charge is -2.22. The quantitative estimate of drug-likeness (QED) is 0.0312. The summed E-state index contributed by atoms with van der Waals surface area (Å²) >= 11 is 14.5. The fourth-order valence-corrected chi connectivity index (χ4v) is 13.3. The molecule has 0 atom stereocenters. The third-order valence-electron chi connectivity index (χ3n) is 15.0. The van der Waals surface area contributed by atoms with Crippen molar-refractivity contribution in [2.24, 2.45) is 0 Å². The van der Waals surface area contributed by atoms with Crippen LogP contribution in [0.15, 0.2) is 120 Å². The summed E-state index contributed by atoms with van der Waals surface area (Å²) in [6.45, 7) is 11.0. The Balaban J connectivity index is 0.000000220. The molecule has 4 nitrogen and oxygen atoms in total. The Kier molecular flexibility index (Phi) is 30.0. The van der Waals surface area contributed by atoms with Gasteiger partial charge >= 0.3 is 0 Å². The van der Waals surface area contributed by atoms with Crippen LogP contribution in [0.1, 0.15) is 230 Å². The van der Waals surface area contributed by atoms with Gasteiger partial charge in [0.05, 0.1) is 11.0 Å². The van der Waals surface area contributed by atoms with Crippen molar-refractivity contribution in [1.82, 2.24) is 4.57 Å². The van der Waals surface area contributed by atoms with Crippen molar-refractivity contribution >= 4 is 95.6 Å². The molecule has 9 heteroatoms. The van der Waals surface area contributed by atoms with Crippen LogP contribution in [0.3, 0.4) is 0 Å². The summed E-state index contributed by atoms with van der Waals surface area (Å²) in [6.07, 6.45) is 36.1. The van der Waals surface area contributed by atoms with E-state index >= 15 is 0 Å². The van der Waals surface area contributed by atoms with Gasteiger partial charge in [0.2, 0.25) is 0 Å². The van der Waals surface area contributed by atoms with Crippen molar-refractivity contribution < 1.29 is 12.6 Å². The number of rotatable bonds is 32. The van der Waals surface area contributed by atoms with Crippen LogP contribution >= 0.6 is 63.7 Å². The zero-order chi connectivity index (χ0) is 53.8. The maximum atomic E-state index is 12.7. The molecule has 6 aromatic rings. The summed E-state index contributed by atoms with van der Waals surface area (Å²) in [7, 11) is -3.68. The number of aryl methyl sites for hydroxylation is 1. The summed E-state index contributed by atoms with van der Waals surface area (Å²) in [5.41, 5.74) is 9.40. The highest BCUT2D eigenvalue weighted by molar-refractivity contribution is 9.11. The third kappa shape index (κ3) is 21.7. The number of fused-ring (bicyclic) bond motifs is 6. The molecule has 1 aromatic heterocycles. The lowest BCUT2D eigenvalue weighted by Crippen LogP contribution is -2.19. The van der Waals surface area contributed by atoms with Crippen molar-refractivity contribution in [1.29, 1.82) is 0 Å². The van der Waals surface area contributed by atoms with Gasteiger partial charge in [0.15, 0.2) is 0 Å². The highest BCUT2D eigenvalue weighted by atomic mass is 79.9. The Morgan fingerprint density at radius 3 is 1.19 bits per heavy atom. The molecule has 0 N–H and O–H groups in total. The van der Waals surface area contributed by atoms with Crippen LogP contribution in [0.5, 0.6) is 0 Å². The monoisotopic (exact) mass is 1290 g/mol. The Hall–Kier alpha value is -2.27. The molecule has 0 fully saturated rings. The average Bonchev–Trinajstić information content (AvgIpc) is 3.93. The second kappa shape index (κ2) is 35.4. The van der Waals surface area contributed by atoms with Gasteiger partial charge in [-0.05, 0) is 134 Å². The molecular weight excluding hydrogens is 1210 g/mol. The lowest BCUT2D eigenvalue weighted by molar-refractivity contribution is 0.180. The van der Waals surface area contributed by atoms with E-state index in [9.17, 15) is 8.42 Å². The van der Waals surface area contributed by atoms with Crippen molar-refractivity contribution in [3.05, 3.63) is 132 Å². The molecule has 75 heavy (non-hydrogen) atoms. The van der Waals surface area contributed by atoms with Gasteiger partial charge in [-0.2, -0.15) is 8.42 Å². The van der Waals surface area contributed by atoms with Gasteiger partial charge < -0.3 is 4.57 Å². The first-order chi connectivity index (χ1) is 36.4. The zero-order valence-corrected chi connectivity index (χ0v) is 53.7. The second-order valence-electron chi connectivity index (χ2n) is 21.3. The molecule has 5 aromatic carbocycles. The number of hydrogen-bond acceptors (Lipinski definition) is 3. The van der Waals surface area contributed by atoms with E-state index < -0.39 is 10.1 Å². The van der Waals surface area contributed by atoms with Gasteiger partial charge in [0.1, 0.15) is 0 Å². The maximum Gasteiger partial charge on any atom is 0.297 e. The van der Waals surface area contributed by atoms with E-state index in [2.05, 4.69) is 169 Å². The Morgan fingerprint density at radius 2 is 0.787 bits per heavy atom. The smallest absolute Gasteiger partial charge is 0.297 e. The first-order valence-electron chi connectivity index (χ1n) is 29.3. The molecule has 0 bridgehead atoms. The summed E-state index contributed by atoms with van der Waals surface area (Å²) in [4.78, 5) is 0.272. The van der Waals surface area contributed by atoms with E-state index in [1.807, 2.05) is 19.1 Å². The average molecular weight is 1300 g/mol. The Bertz CT molecular complexity index is 2540. The summed E-state index contributed by atoms with van der Waals surface area (Å²) in [5, 5.41) is 2.73. The lowest BCUT2D eigenvalue weighted by atomic mass is 9.99. The van der Waals surface area contributed by atoms with Crippen molar-refractivity contribution in [3.8, 4) is 11.1 Å². The highest BCUT2D eigenvalue weighted by Gasteiger charge is 2.23. The summed E-state index contributed by atoms with van der Waals surface area (Å²) < 4.78 is 38.3. The van der Waals surface area contributed by atoms with Crippen LogP contribution in [0.25, 0.3) is 32.9 Å². The molecule has 0 spiro atoms. The molecule has 0 saturated carbocycles. The SMILES string of the molecule is Brc1ccc2c(c1)-c1cc(Br)ccc1C2.CCCCCCCCC(CCCCCCCC)OS(=O)(=O)c1ccc(C)cc1.CCCCCCCCC(CCCCCCCC)n1c2ccc(Br)cc2c2cc(Br)ccc21. The molecule has 7 rings (SSSR count). The molecule has 1 aliphatic rings. The molecule has 0 amide bonds. The van der Waals surface area contributed by atoms with E-state index in [0.717, 1.165) is 55.6 Å². The van der Waals surface area contributed by atoms with Crippen LogP contribution in [0.4, 0.5) is 0 Å². The van der Waals surface area contributed by atoms with E-state index in [0.29, 0.717) is 6.04 Å². The minimum Gasteiger partial charge on any atom is -0.337 e. The second-order valence-corrected chi connectivity index (χ2v) is 26.6. The third-order valence-corrected chi connectivity index (χ3v) is 18.4. The topological polar surface area (TPSA) is 48.3 Å². The van der Waals surface area contributed by atoms with Crippen LogP contribution in [-0.2, 0) is 20.7 Å². The van der Waals surface area contributed by atoms with Crippen LogP contribution < -0.4 is 0 Å². The number of aromatic nitrogens is 1. The maximum absolute atomic E-state index is 12.7. The predicted octanol–water partition coefficient (Wildman–Crippen LogP) is 23.7. The summed E-state index contributed by atoms with van der Waals surface area (Å²) in [6, 6.07) is 34.2. The number of hydrogen-bond donors (Lipinski definition) is 0. The molecule has 0 unspecified atom stereocenters. The van der Waals surface area contributed by atoms with E-state index in [4.69, 9.17) is 4.18 Å². The van der Waals surface area contributed by atoms with Gasteiger partial charge in [-0.3, -0.25) is 4.18 Å². The van der Waals surface area contributed by atoms with Gasteiger partial charge in [-0.25, -0.2) is 0 Å². The van der Waals surface area contributed by atoms with E-state index in [1.165, 1.54) is 198 Å². The van der Waals surface area contributed by atoms with Crippen molar-refractivity contribution in [2.75, 3.05) is 0 Å². The Morgan fingerprint density at radius 1 is 0.440 bits per heavy atom. The largest absolute Gasteiger partial charge is 0.337 e. The Labute approximate surface area is 489 Å². The molecular formula is C66H91Br4NO3S. The van der Waals surface area contributed by atoms with Crippen LogP contribution in [0.2, 0.25) is 0 Å². The molecule has 1 aliphatic carbocycles. The van der Waals surface area contributed by atoms with Crippen molar-refractivity contribution in [2.45, 2.75) is 238 Å². The molecule has 412 valence electrons. The molecule has 0 aliphatic heterocycles. The number of nitrogens with zero attached hydrogens (tertiary/aromatic N) is 1. The minimum absolute atomic E-state index is 0.191. The van der Waals surface area contributed by atoms with Crippen LogP contribution in [-0.4, -0.2) is 19.1 Å². The summed E-state index contributed by atoms with van der Waals surface area (Å²) in [5.74, 6) is 0. The fourth-order valence-electron chi connectivity index (χ4n) is 10.7. The van der Waals surface area contributed by atoms with Gasteiger partial charge in [0.25, 0.3) is 10.1 Å². The van der Waals surface area contributed by atoms with E-state index in [-0.39, 0.29) is 11.0 Å². The fraction of sp³-hybridized carbons (Fsp3) is 0.545. The highest BCUT2D eigenvalue weighted by Crippen LogP contribution is 2.40. The van der Waals surface area contributed by atoms with E-state index in [1.54, 1.807) is 12.1 Å². The molecule has 0 radical (unpaired) electrons. The first-order valence-corrected chi connectivity index (χ1v) is 33.9. The van der Waals surface area contributed by atoms with Crippen LogP contribution in [0, 0.1) is 6.92 Å². The van der Waals surface area contributed by atoms with Gasteiger partial charge in [-0.15, -0.1) is 0 Å². The van der Waals surface area contributed by atoms with Crippen molar-refractivity contribution in [3.63, 3.8) is 0 Å². The number of benzene rings is 5. The predicted molar refractivity (Wildman–Crippen MR) is 339 cm³/mol. The van der Waals surface area contributed by atoms with Gasteiger partial charge in [-0.1, -0.05) is 275 Å². The number of unbranched alkanes of at least 4 members (excludes halogenated alkanes) is 20.